The monoisotopic (exact) mass is 1230 g/mol. The highest BCUT2D eigenvalue weighted by Crippen LogP contribution is 2.53. The molecule has 0 amide bonds. The molecule has 10 heteroatoms. The Bertz CT molecular complexity index is 4290. The maximum Gasteiger partial charge on any atom is 0.119 e. The third kappa shape index (κ3) is 13.1. The van der Waals surface area contributed by atoms with Gasteiger partial charge in [0, 0.05) is 86.5 Å². The Morgan fingerprint density at radius 3 is 1.04 bits per heavy atom. The highest BCUT2D eigenvalue weighted by atomic mass is 16.5. The normalized spacial score (nSPS) is 13.9. The van der Waals surface area contributed by atoms with Crippen molar-refractivity contribution in [2.45, 2.75) is 58.3 Å². The van der Waals surface area contributed by atoms with Crippen LogP contribution in [0.25, 0.3) is 33.4 Å². The first kappa shape index (κ1) is 62.4. The molecule has 9 aromatic carbocycles. The van der Waals surface area contributed by atoms with E-state index in [9.17, 15) is 0 Å². The van der Waals surface area contributed by atoms with E-state index in [0.29, 0.717) is 0 Å². The third-order valence-electron chi connectivity index (χ3n) is 18.0. The number of benzene rings is 9. The number of fused-ring (bicyclic) bond motifs is 3. The number of methoxy groups -OCH3 is 6. The fourth-order valence-electron chi connectivity index (χ4n) is 12.9. The molecule has 9 aromatic rings. The fourth-order valence-corrected chi connectivity index (χ4v) is 12.9. The van der Waals surface area contributed by atoms with E-state index in [1.54, 1.807) is 42.7 Å². The van der Waals surface area contributed by atoms with E-state index in [-0.39, 0.29) is 5.41 Å². The SMILES string of the molecule is C=C(C=CC(=CCC)OC)N(c1ccc(OC)cc1)c1ccc(-c2ccc(N(c3ccc(OC)cc3)c3ccc4c(c3)C(C)(C)c3cc(N(c5ccc(OC)cc5)c5ccc(-c6ccc(N(C7=CC=C(OC)CC7)C7=CC=C(OC)CC7)cc6)cc5)ccc3-4)cc2)cc1. The minimum atomic E-state index is -0.353. The van der Waals surface area contributed by atoms with Crippen molar-refractivity contribution in [2.75, 3.05) is 62.3 Å². The molecular weight excluding hydrogens is 1150 g/mol. The van der Waals surface area contributed by atoms with Gasteiger partial charge >= 0.3 is 0 Å². The summed E-state index contributed by atoms with van der Waals surface area (Å²) in [5.41, 5.74) is 21.7. The lowest BCUT2D eigenvalue weighted by molar-refractivity contribution is 0.274. The summed E-state index contributed by atoms with van der Waals surface area (Å²) in [6.45, 7) is 11.3. The van der Waals surface area contributed by atoms with Gasteiger partial charge in [-0.15, -0.1) is 0 Å². The second kappa shape index (κ2) is 27.7. The average molecular weight is 1230 g/mol. The first-order valence-corrected chi connectivity index (χ1v) is 31.7. The molecule has 3 aliphatic carbocycles. The molecule has 0 N–H and O–H groups in total. The van der Waals surface area contributed by atoms with E-state index in [1.807, 2.05) is 66.8 Å². The van der Waals surface area contributed by atoms with Gasteiger partial charge < -0.3 is 48.0 Å². The minimum absolute atomic E-state index is 0.353. The zero-order valence-corrected chi connectivity index (χ0v) is 54.7. The van der Waals surface area contributed by atoms with Gasteiger partial charge in [-0.3, -0.25) is 0 Å². The van der Waals surface area contributed by atoms with Crippen LogP contribution in [0, 0.1) is 0 Å². The van der Waals surface area contributed by atoms with E-state index in [2.05, 4.69) is 229 Å². The molecule has 0 aliphatic heterocycles. The third-order valence-corrected chi connectivity index (χ3v) is 18.0. The van der Waals surface area contributed by atoms with Crippen molar-refractivity contribution in [2.24, 2.45) is 0 Å². The van der Waals surface area contributed by atoms with Gasteiger partial charge in [-0.1, -0.05) is 88.0 Å². The van der Waals surface area contributed by atoms with Crippen molar-refractivity contribution in [1.29, 1.82) is 0 Å². The lowest BCUT2D eigenvalue weighted by atomic mass is 9.82. The summed E-state index contributed by atoms with van der Waals surface area (Å²) >= 11 is 0. The standard InChI is InChI=1S/C83H80N4O6/c1-11-12-73(88-5)42-13-57(2)84(63-30-43-74(89-6)44-31-63)62-22-14-58(15-23-62)60-18-26-65(27-19-60)86(69-36-49-77(92-9)50-37-69)71-40-53-79-80-54-41-72(56-82(80)83(3,4)81(79)55-71)87(70-38-51-78(93-10)52-39-70)66-28-20-61(21-29-66)59-16-24-64(25-17-59)85(67-32-45-75(90-7)46-33-67)68-34-47-76(91-8)48-35-68/h12-32,34,36-45,47,49-56H,2,11,33,35,46,48H2,1,3-10H3. The largest absolute Gasteiger partial charge is 0.501 e. The van der Waals surface area contributed by atoms with E-state index in [4.69, 9.17) is 28.4 Å². The van der Waals surface area contributed by atoms with Crippen LogP contribution in [0.3, 0.4) is 0 Å². The Morgan fingerprint density at radius 2 is 0.720 bits per heavy atom. The van der Waals surface area contributed by atoms with Gasteiger partial charge in [0.05, 0.1) is 54.2 Å². The molecule has 0 radical (unpaired) electrons. The number of nitrogens with zero attached hydrogens (tertiary/aromatic N) is 4. The van der Waals surface area contributed by atoms with E-state index in [1.165, 1.54) is 33.6 Å². The van der Waals surface area contributed by atoms with Gasteiger partial charge in [0.1, 0.15) is 23.0 Å². The minimum Gasteiger partial charge on any atom is -0.501 e. The van der Waals surface area contributed by atoms with Crippen molar-refractivity contribution < 1.29 is 28.4 Å². The van der Waals surface area contributed by atoms with Gasteiger partial charge in [0.25, 0.3) is 0 Å². The van der Waals surface area contributed by atoms with Gasteiger partial charge in [-0.25, -0.2) is 0 Å². The molecule has 0 unspecified atom stereocenters. The van der Waals surface area contributed by atoms with Crippen LogP contribution < -0.4 is 33.8 Å². The maximum atomic E-state index is 5.66. The highest BCUT2D eigenvalue weighted by molar-refractivity contribution is 5.89. The van der Waals surface area contributed by atoms with Crippen molar-refractivity contribution in [1.82, 2.24) is 0 Å². The van der Waals surface area contributed by atoms with Crippen LogP contribution in [0.4, 0.5) is 51.2 Å². The van der Waals surface area contributed by atoms with Gasteiger partial charge in [-0.05, 0) is 252 Å². The van der Waals surface area contributed by atoms with Crippen molar-refractivity contribution in [3.63, 3.8) is 0 Å². The molecule has 0 heterocycles. The van der Waals surface area contributed by atoms with Crippen LogP contribution >= 0.6 is 0 Å². The Balaban J connectivity index is 0.831. The molecule has 468 valence electrons. The summed E-state index contributed by atoms with van der Waals surface area (Å²) in [6, 6.07) is 73.9. The predicted molar refractivity (Wildman–Crippen MR) is 383 cm³/mol. The summed E-state index contributed by atoms with van der Waals surface area (Å²) in [5.74, 6) is 5.17. The van der Waals surface area contributed by atoms with Crippen molar-refractivity contribution >= 4 is 51.2 Å². The zero-order valence-electron chi connectivity index (χ0n) is 54.7. The second-order valence-electron chi connectivity index (χ2n) is 23.7. The quantitative estimate of drug-likeness (QED) is 0.0457. The average Bonchev–Trinajstić information content (AvgIpc) is 1.62. The van der Waals surface area contributed by atoms with Crippen LogP contribution in [0.15, 0.2) is 290 Å². The molecule has 3 aliphatic rings. The number of rotatable bonds is 23. The Hall–Kier alpha value is -10.8. The number of ether oxygens (including phenoxy) is 6. The fraction of sp³-hybridized carbons (Fsp3) is 0.181. The molecule has 0 saturated heterocycles. The molecule has 0 atom stereocenters. The molecule has 10 nitrogen and oxygen atoms in total. The molecule has 12 rings (SSSR count). The number of allylic oxidation sites excluding steroid dienone is 11. The van der Waals surface area contributed by atoms with Gasteiger partial charge in [0.2, 0.25) is 0 Å². The van der Waals surface area contributed by atoms with Crippen LogP contribution in [-0.4, -0.2) is 42.7 Å². The second-order valence-corrected chi connectivity index (χ2v) is 23.7. The zero-order chi connectivity index (χ0) is 64.6. The molecular formula is C83H80N4O6. The summed E-state index contributed by atoms with van der Waals surface area (Å²) in [7, 11) is 10.3. The van der Waals surface area contributed by atoms with E-state index in [0.717, 1.165) is 146 Å². The first-order valence-electron chi connectivity index (χ1n) is 31.7. The van der Waals surface area contributed by atoms with Crippen LogP contribution in [0.5, 0.6) is 17.2 Å². The number of hydrogen-bond donors (Lipinski definition) is 0. The smallest absolute Gasteiger partial charge is 0.119 e. The van der Waals surface area contributed by atoms with Gasteiger partial charge in [0.15, 0.2) is 0 Å². The molecule has 0 aromatic heterocycles. The lowest BCUT2D eigenvalue weighted by Gasteiger charge is -2.33. The summed E-state index contributed by atoms with van der Waals surface area (Å²) < 4.78 is 33.6. The van der Waals surface area contributed by atoms with Crippen LogP contribution in [0.2, 0.25) is 0 Å². The molecule has 0 fully saturated rings. The van der Waals surface area contributed by atoms with E-state index < -0.39 is 0 Å². The van der Waals surface area contributed by atoms with Crippen molar-refractivity contribution in [3.05, 3.63) is 301 Å². The van der Waals surface area contributed by atoms with Crippen LogP contribution in [0.1, 0.15) is 64.0 Å². The topological polar surface area (TPSA) is 68.3 Å². The Labute approximate surface area is 548 Å². The first-order chi connectivity index (χ1) is 45.4. The molecule has 0 spiro atoms. The molecule has 0 saturated carbocycles. The molecule has 0 bridgehead atoms. The van der Waals surface area contributed by atoms with E-state index >= 15 is 0 Å². The Morgan fingerprint density at radius 1 is 0.387 bits per heavy atom. The Kier molecular flexibility index (Phi) is 18.6. The summed E-state index contributed by atoms with van der Waals surface area (Å²) in [5, 5.41) is 0. The maximum absolute atomic E-state index is 5.66. The van der Waals surface area contributed by atoms with Gasteiger partial charge in [-0.2, -0.15) is 0 Å². The van der Waals surface area contributed by atoms with Crippen LogP contribution in [-0.2, 0) is 19.6 Å². The number of anilines is 9. The predicted octanol–water partition coefficient (Wildman–Crippen LogP) is 21.7. The molecule has 93 heavy (non-hydrogen) atoms. The highest BCUT2D eigenvalue weighted by Gasteiger charge is 2.37. The summed E-state index contributed by atoms with van der Waals surface area (Å²) in [4.78, 5) is 9.22. The lowest BCUT2D eigenvalue weighted by Crippen LogP contribution is -2.24. The number of hydrogen-bond acceptors (Lipinski definition) is 10. The summed E-state index contributed by atoms with van der Waals surface area (Å²) in [6.07, 6.45) is 18.9. The van der Waals surface area contributed by atoms with Crippen molar-refractivity contribution in [3.8, 4) is 50.6 Å².